The number of amides is 1. The largest absolute Gasteiger partial charge is 0.497 e. The van der Waals surface area contributed by atoms with E-state index in [2.05, 4.69) is 21.2 Å². The Morgan fingerprint density at radius 2 is 1.88 bits per heavy atom. The molecule has 1 N–H and O–H groups in total. The minimum absolute atomic E-state index is 0.211. The Labute approximate surface area is 154 Å². The van der Waals surface area contributed by atoms with E-state index in [1.807, 2.05) is 12.1 Å². The van der Waals surface area contributed by atoms with Crippen LogP contribution >= 0.6 is 15.9 Å². The van der Waals surface area contributed by atoms with Crippen LogP contribution in [0.2, 0.25) is 0 Å². The van der Waals surface area contributed by atoms with E-state index >= 15 is 0 Å². The quantitative estimate of drug-likeness (QED) is 0.823. The first-order valence-electron chi connectivity index (χ1n) is 7.64. The van der Waals surface area contributed by atoms with Gasteiger partial charge in [-0.25, -0.2) is 0 Å². The van der Waals surface area contributed by atoms with Crippen molar-refractivity contribution in [1.82, 2.24) is 5.32 Å². The second kappa shape index (κ2) is 7.76. The number of carbonyl (C=O) groups is 1. The van der Waals surface area contributed by atoms with E-state index in [-0.39, 0.29) is 12.7 Å². The third-order valence-corrected chi connectivity index (χ3v) is 4.26. The maximum absolute atomic E-state index is 12.5. The molecule has 1 heterocycles. The highest BCUT2D eigenvalue weighted by Gasteiger charge is 2.17. The van der Waals surface area contributed by atoms with Crippen LogP contribution in [0.5, 0.6) is 17.2 Å². The van der Waals surface area contributed by atoms with Crippen LogP contribution in [0.1, 0.15) is 21.5 Å². The van der Waals surface area contributed by atoms with E-state index < -0.39 is 0 Å². The highest BCUT2D eigenvalue weighted by molar-refractivity contribution is 9.10. The van der Waals surface area contributed by atoms with Crippen molar-refractivity contribution in [2.45, 2.75) is 13.2 Å². The van der Waals surface area contributed by atoms with Gasteiger partial charge in [-0.1, -0.05) is 15.9 Å². The molecule has 1 aliphatic rings. The molecule has 1 aliphatic heterocycles. The summed E-state index contributed by atoms with van der Waals surface area (Å²) in [6, 6.07) is 8.93. The molecule has 0 bridgehead atoms. The average molecular weight is 408 g/mol. The van der Waals surface area contributed by atoms with Crippen LogP contribution in [0.25, 0.3) is 0 Å². The lowest BCUT2D eigenvalue weighted by molar-refractivity contribution is -0.0171. The number of carbonyl (C=O) groups excluding carboxylic acids is 1. The summed E-state index contributed by atoms with van der Waals surface area (Å²) in [5, 5.41) is 2.90. The molecule has 132 valence electrons. The number of halogens is 1. The topological polar surface area (TPSA) is 66.0 Å². The summed E-state index contributed by atoms with van der Waals surface area (Å²) >= 11 is 3.47. The van der Waals surface area contributed by atoms with Crippen LogP contribution in [0.4, 0.5) is 0 Å². The summed E-state index contributed by atoms with van der Waals surface area (Å²) in [6.45, 7) is 1.03. The van der Waals surface area contributed by atoms with Crippen LogP contribution in [0, 0.1) is 0 Å². The maximum Gasteiger partial charge on any atom is 0.251 e. The molecule has 0 unspecified atom stereocenters. The van der Waals surface area contributed by atoms with Gasteiger partial charge in [0.25, 0.3) is 5.91 Å². The fraction of sp³-hybridized carbons (Fsp3) is 0.278. The summed E-state index contributed by atoms with van der Waals surface area (Å²) < 4.78 is 22.2. The van der Waals surface area contributed by atoms with Crippen molar-refractivity contribution in [3.63, 3.8) is 0 Å². The number of methoxy groups -OCH3 is 2. The molecule has 0 aromatic heterocycles. The summed E-state index contributed by atoms with van der Waals surface area (Å²) in [6.07, 6.45) is 0. The summed E-state index contributed by atoms with van der Waals surface area (Å²) in [5.74, 6) is 1.66. The number of ether oxygens (including phenoxy) is 4. The van der Waals surface area contributed by atoms with Crippen molar-refractivity contribution in [1.29, 1.82) is 0 Å². The van der Waals surface area contributed by atoms with Crippen LogP contribution < -0.4 is 19.5 Å². The van der Waals surface area contributed by atoms with Gasteiger partial charge in [0.15, 0.2) is 6.79 Å². The van der Waals surface area contributed by atoms with E-state index in [0.717, 1.165) is 21.3 Å². The molecule has 0 saturated carbocycles. The standard InChI is InChI=1S/C18H18BrNO5/c1-22-15-5-11(6-16(7-15)23-2)18(21)20-8-12-3-14(19)4-13-9-24-10-25-17(12)13/h3-7H,8-10H2,1-2H3,(H,20,21). The highest BCUT2D eigenvalue weighted by atomic mass is 79.9. The molecule has 0 radical (unpaired) electrons. The molecule has 0 saturated heterocycles. The molecule has 6 nitrogen and oxygen atoms in total. The van der Waals surface area contributed by atoms with Crippen molar-refractivity contribution >= 4 is 21.8 Å². The molecule has 0 spiro atoms. The van der Waals surface area contributed by atoms with Crippen LogP contribution in [0.15, 0.2) is 34.8 Å². The van der Waals surface area contributed by atoms with Gasteiger partial charge < -0.3 is 24.3 Å². The second-order valence-corrected chi connectivity index (χ2v) is 6.36. The number of benzene rings is 2. The molecule has 7 heteroatoms. The first-order chi connectivity index (χ1) is 12.1. The van der Waals surface area contributed by atoms with Crippen molar-refractivity contribution in [2.75, 3.05) is 21.0 Å². The maximum atomic E-state index is 12.5. The zero-order valence-electron chi connectivity index (χ0n) is 13.9. The number of hydrogen-bond acceptors (Lipinski definition) is 5. The Balaban J connectivity index is 1.78. The second-order valence-electron chi connectivity index (χ2n) is 5.45. The van der Waals surface area contributed by atoms with Crippen LogP contribution in [-0.4, -0.2) is 26.9 Å². The summed E-state index contributed by atoms with van der Waals surface area (Å²) in [4.78, 5) is 12.5. The molecule has 0 aliphatic carbocycles. The zero-order chi connectivity index (χ0) is 17.8. The van der Waals surface area contributed by atoms with Gasteiger partial charge >= 0.3 is 0 Å². The molecule has 2 aromatic rings. The summed E-state index contributed by atoms with van der Waals surface area (Å²) in [7, 11) is 3.09. The van der Waals surface area contributed by atoms with Gasteiger partial charge in [-0.15, -0.1) is 0 Å². The Kier molecular flexibility index (Phi) is 5.45. The molecule has 2 aromatic carbocycles. The minimum Gasteiger partial charge on any atom is -0.497 e. The molecule has 0 atom stereocenters. The van der Waals surface area contributed by atoms with Crippen molar-refractivity contribution < 1.29 is 23.7 Å². The van der Waals surface area contributed by atoms with Crippen LogP contribution in [0.3, 0.4) is 0 Å². The third-order valence-electron chi connectivity index (χ3n) is 3.80. The van der Waals surface area contributed by atoms with Gasteiger partial charge in [0.2, 0.25) is 0 Å². The fourth-order valence-electron chi connectivity index (χ4n) is 2.60. The van der Waals surface area contributed by atoms with Gasteiger partial charge in [-0.2, -0.15) is 0 Å². The van der Waals surface area contributed by atoms with Gasteiger partial charge in [-0.05, 0) is 24.3 Å². The number of nitrogens with one attached hydrogen (secondary N) is 1. The molecule has 1 amide bonds. The van der Waals surface area contributed by atoms with E-state index in [9.17, 15) is 4.79 Å². The molecule has 3 rings (SSSR count). The first kappa shape index (κ1) is 17.6. The van der Waals surface area contributed by atoms with Crippen molar-refractivity contribution in [2.24, 2.45) is 0 Å². The van der Waals surface area contributed by atoms with E-state index in [1.54, 1.807) is 32.4 Å². The number of fused-ring (bicyclic) bond motifs is 1. The van der Waals surface area contributed by atoms with Gasteiger partial charge in [-0.3, -0.25) is 4.79 Å². The molecule has 0 fully saturated rings. The van der Waals surface area contributed by atoms with Gasteiger partial charge in [0.05, 0.1) is 20.8 Å². The Hall–Kier alpha value is -2.25. The minimum atomic E-state index is -0.224. The Morgan fingerprint density at radius 3 is 2.56 bits per heavy atom. The number of hydrogen-bond donors (Lipinski definition) is 1. The van der Waals surface area contributed by atoms with Crippen LogP contribution in [-0.2, 0) is 17.9 Å². The fourth-order valence-corrected chi connectivity index (χ4v) is 3.16. The number of rotatable bonds is 5. The Bertz CT molecular complexity index is 771. The molecular formula is C18H18BrNO5. The van der Waals surface area contributed by atoms with E-state index in [4.69, 9.17) is 18.9 Å². The third kappa shape index (κ3) is 4.05. The summed E-state index contributed by atoms with van der Waals surface area (Å²) in [5.41, 5.74) is 2.30. The van der Waals surface area contributed by atoms with Crippen molar-refractivity contribution in [3.8, 4) is 17.2 Å². The highest BCUT2D eigenvalue weighted by Crippen LogP contribution is 2.31. The lowest BCUT2D eigenvalue weighted by atomic mass is 10.1. The van der Waals surface area contributed by atoms with E-state index in [1.165, 1.54) is 0 Å². The first-order valence-corrected chi connectivity index (χ1v) is 8.43. The van der Waals surface area contributed by atoms with Gasteiger partial charge in [0, 0.05) is 33.8 Å². The molecule has 25 heavy (non-hydrogen) atoms. The smallest absolute Gasteiger partial charge is 0.251 e. The Morgan fingerprint density at radius 1 is 1.16 bits per heavy atom. The van der Waals surface area contributed by atoms with E-state index in [0.29, 0.717) is 30.2 Å². The van der Waals surface area contributed by atoms with Crippen molar-refractivity contribution in [3.05, 3.63) is 51.5 Å². The lowest BCUT2D eigenvalue weighted by Gasteiger charge is -2.21. The SMILES string of the molecule is COc1cc(OC)cc(C(=O)NCc2cc(Br)cc3c2OCOC3)c1. The predicted molar refractivity (Wildman–Crippen MR) is 95.1 cm³/mol. The zero-order valence-corrected chi connectivity index (χ0v) is 15.5. The predicted octanol–water partition coefficient (Wildman–Crippen LogP) is 3.26. The van der Waals surface area contributed by atoms with Gasteiger partial charge in [0.1, 0.15) is 17.2 Å². The monoisotopic (exact) mass is 407 g/mol. The molecular weight excluding hydrogens is 390 g/mol. The normalized spacial score (nSPS) is 12.8. The lowest BCUT2D eigenvalue weighted by Crippen LogP contribution is -2.24. The average Bonchev–Trinajstić information content (AvgIpc) is 2.65.